The van der Waals surface area contributed by atoms with Crippen molar-refractivity contribution in [2.24, 2.45) is 5.92 Å². The van der Waals surface area contributed by atoms with Crippen LogP contribution in [-0.2, 0) is 22.3 Å². The van der Waals surface area contributed by atoms with Crippen LogP contribution in [0, 0.1) is 5.92 Å². The van der Waals surface area contributed by atoms with Gasteiger partial charge in [-0.1, -0.05) is 18.2 Å². The molecular formula is C29H30F3N5O3. The third kappa shape index (κ3) is 7.36. The predicted molar refractivity (Wildman–Crippen MR) is 145 cm³/mol. The first-order chi connectivity index (χ1) is 19.2. The van der Waals surface area contributed by atoms with Crippen LogP contribution in [-0.4, -0.2) is 54.5 Å². The average Bonchev–Trinajstić information content (AvgIpc) is 3.80. The minimum Gasteiger partial charge on any atom is -0.484 e. The van der Waals surface area contributed by atoms with Crippen molar-refractivity contribution in [3.05, 3.63) is 71.9 Å². The molecule has 3 N–H and O–H groups in total. The van der Waals surface area contributed by atoms with Gasteiger partial charge < -0.3 is 20.7 Å². The largest absolute Gasteiger partial charge is 0.484 e. The molecular weight excluding hydrogens is 523 g/mol. The molecule has 2 fully saturated rings. The second kappa shape index (κ2) is 12.1. The molecule has 1 aliphatic heterocycles. The highest BCUT2D eigenvalue weighted by atomic mass is 19.4. The lowest BCUT2D eigenvalue weighted by atomic mass is 10.0. The minimum atomic E-state index is -4.54. The van der Waals surface area contributed by atoms with Gasteiger partial charge in [0.2, 0.25) is 5.91 Å². The Hall–Kier alpha value is -3.96. The molecule has 1 saturated carbocycles. The van der Waals surface area contributed by atoms with E-state index >= 15 is 0 Å². The van der Waals surface area contributed by atoms with E-state index in [2.05, 4.69) is 20.9 Å². The number of piperazine rings is 1. The number of alkyl halides is 3. The van der Waals surface area contributed by atoms with Crippen molar-refractivity contribution in [3.8, 4) is 16.9 Å². The van der Waals surface area contributed by atoms with Gasteiger partial charge in [-0.25, -0.2) is 4.98 Å². The molecule has 3 aromatic rings. The SMILES string of the molecule is O=C(COc1ccc(-c2ccc(NC(=O)C3CC3)nc2)cc1)Nc1ccc(CN2CCNCC2)c(C(F)(F)F)c1. The molecule has 2 heterocycles. The third-order valence-corrected chi connectivity index (χ3v) is 6.82. The zero-order valence-corrected chi connectivity index (χ0v) is 21.8. The fourth-order valence-corrected chi connectivity index (χ4v) is 4.47. The first-order valence-corrected chi connectivity index (χ1v) is 13.2. The topological polar surface area (TPSA) is 95.6 Å². The van der Waals surface area contributed by atoms with E-state index in [1.165, 1.54) is 12.1 Å². The Labute approximate surface area is 229 Å². The molecule has 0 radical (unpaired) electrons. The van der Waals surface area contributed by atoms with Gasteiger partial charge in [0.15, 0.2) is 6.61 Å². The maximum Gasteiger partial charge on any atom is 0.416 e. The molecule has 210 valence electrons. The van der Waals surface area contributed by atoms with Crippen molar-refractivity contribution in [1.29, 1.82) is 0 Å². The van der Waals surface area contributed by atoms with E-state index in [9.17, 15) is 22.8 Å². The molecule has 8 nitrogen and oxygen atoms in total. The van der Waals surface area contributed by atoms with E-state index in [0.29, 0.717) is 24.7 Å². The zero-order valence-electron chi connectivity index (χ0n) is 21.8. The van der Waals surface area contributed by atoms with Crippen LogP contribution in [0.1, 0.15) is 24.0 Å². The van der Waals surface area contributed by atoms with Crippen molar-refractivity contribution >= 4 is 23.3 Å². The summed E-state index contributed by atoms with van der Waals surface area (Å²) in [4.78, 5) is 30.6. The molecule has 2 aromatic carbocycles. The van der Waals surface area contributed by atoms with Gasteiger partial charge >= 0.3 is 6.18 Å². The number of halogens is 3. The van der Waals surface area contributed by atoms with Gasteiger partial charge in [0.05, 0.1) is 5.56 Å². The molecule has 2 amide bonds. The molecule has 2 aliphatic rings. The highest BCUT2D eigenvalue weighted by Crippen LogP contribution is 2.35. The number of rotatable bonds is 9. The standard InChI is InChI=1S/C29H30F3N5O3/c30-29(31,32)25-15-23(7-3-22(25)17-37-13-11-33-12-14-37)35-27(38)18-40-24-8-4-19(5-9-24)21-6-10-26(34-16-21)36-28(39)20-1-2-20/h3-10,15-16,20,33H,1-2,11-14,17-18H2,(H,35,38)(H,34,36,39). The molecule has 40 heavy (non-hydrogen) atoms. The molecule has 0 bridgehead atoms. The highest BCUT2D eigenvalue weighted by Gasteiger charge is 2.34. The molecule has 1 saturated heterocycles. The average molecular weight is 554 g/mol. The molecule has 0 unspecified atom stereocenters. The smallest absolute Gasteiger partial charge is 0.416 e. The lowest BCUT2D eigenvalue weighted by molar-refractivity contribution is -0.138. The van der Waals surface area contributed by atoms with Gasteiger partial charge in [0.1, 0.15) is 11.6 Å². The fraction of sp³-hybridized carbons (Fsp3) is 0.345. The quantitative estimate of drug-likeness (QED) is 0.360. The summed E-state index contributed by atoms with van der Waals surface area (Å²) in [6.07, 6.45) is -1.04. The third-order valence-electron chi connectivity index (χ3n) is 6.82. The molecule has 11 heteroatoms. The number of ether oxygens (including phenoxy) is 1. The Morgan fingerprint density at radius 3 is 2.35 bits per heavy atom. The van der Waals surface area contributed by atoms with Gasteiger partial charge in [0.25, 0.3) is 5.91 Å². The minimum absolute atomic E-state index is 0.00517. The summed E-state index contributed by atoms with van der Waals surface area (Å²) in [6.45, 7) is 2.67. The Kier molecular flexibility index (Phi) is 8.32. The summed E-state index contributed by atoms with van der Waals surface area (Å²) in [6, 6.07) is 14.5. The number of benzene rings is 2. The van der Waals surface area contributed by atoms with Crippen LogP contribution >= 0.6 is 0 Å². The predicted octanol–water partition coefficient (Wildman–Crippen LogP) is 4.54. The first-order valence-electron chi connectivity index (χ1n) is 13.2. The van der Waals surface area contributed by atoms with Crippen LogP contribution in [0.25, 0.3) is 11.1 Å². The normalized spacial score (nSPS) is 15.9. The summed E-state index contributed by atoms with van der Waals surface area (Å²) in [5.41, 5.74) is 1.19. The van der Waals surface area contributed by atoms with Crippen molar-refractivity contribution in [2.45, 2.75) is 25.6 Å². The first kappa shape index (κ1) is 27.6. The Balaban J connectivity index is 1.14. The van der Waals surface area contributed by atoms with Gasteiger partial charge in [-0.05, 0) is 60.4 Å². The van der Waals surface area contributed by atoms with Crippen LogP contribution in [0.5, 0.6) is 5.75 Å². The Bertz CT molecular complexity index is 1340. The molecule has 1 aromatic heterocycles. The van der Waals surface area contributed by atoms with Gasteiger partial charge in [-0.15, -0.1) is 0 Å². The van der Waals surface area contributed by atoms with E-state index in [4.69, 9.17) is 4.74 Å². The number of pyridine rings is 1. The number of nitrogens with zero attached hydrogens (tertiary/aromatic N) is 2. The van der Waals surface area contributed by atoms with E-state index in [-0.39, 0.29) is 36.2 Å². The lowest BCUT2D eigenvalue weighted by Gasteiger charge is -2.28. The maximum absolute atomic E-state index is 13.8. The number of aromatic nitrogens is 1. The number of hydrogen-bond donors (Lipinski definition) is 3. The van der Waals surface area contributed by atoms with Crippen LogP contribution in [0.3, 0.4) is 0 Å². The number of amides is 2. The van der Waals surface area contributed by atoms with Gasteiger partial charge in [-0.3, -0.25) is 14.5 Å². The molecule has 0 spiro atoms. The highest BCUT2D eigenvalue weighted by molar-refractivity contribution is 5.93. The number of carbonyl (C=O) groups is 2. The Morgan fingerprint density at radius 2 is 1.70 bits per heavy atom. The number of carbonyl (C=O) groups excluding carboxylic acids is 2. The van der Waals surface area contributed by atoms with E-state index in [1.54, 1.807) is 36.5 Å². The van der Waals surface area contributed by atoms with Gasteiger partial charge in [0, 0.05) is 56.1 Å². The molecule has 0 atom stereocenters. The van der Waals surface area contributed by atoms with E-state index < -0.39 is 17.6 Å². The summed E-state index contributed by atoms with van der Waals surface area (Å²) >= 11 is 0. The number of anilines is 2. The van der Waals surface area contributed by atoms with Crippen LogP contribution in [0.2, 0.25) is 0 Å². The van der Waals surface area contributed by atoms with Crippen molar-refractivity contribution in [1.82, 2.24) is 15.2 Å². The Morgan fingerprint density at radius 1 is 0.975 bits per heavy atom. The number of nitrogens with one attached hydrogen (secondary N) is 3. The van der Waals surface area contributed by atoms with Crippen LogP contribution in [0.15, 0.2) is 60.8 Å². The summed E-state index contributed by atoms with van der Waals surface area (Å²) in [5.74, 6) is 0.460. The zero-order chi connectivity index (χ0) is 28.1. The van der Waals surface area contributed by atoms with Crippen molar-refractivity contribution in [2.75, 3.05) is 43.4 Å². The summed E-state index contributed by atoms with van der Waals surface area (Å²) < 4.78 is 46.8. The summed E-state index contributed by atoms with van der Waals surface area (Å²) in [5, 5.41) is 8.48. The molecule has 5 rings (SSSR count). The number of hydrogen-bond acceptors (Lipinski definition) is 6. The maximum atomic E-state index is 13.8. The monoisotopic (exact) mass is 553 g/mol. The van der Waals surface area contributed by atoms with Crippen LogP contribution < -0.4 is 20.7 Å². The van der Waals surface area contributed by atoms with E-state index in [1.807, 2.05) is 11.0 Å². The molecule has 1 aliphatic carbocycles. The fourth-order valence-electron chi connectivity index (χ4n) is 4.47. The second-order valence-corrected chi connectivity index (χ2v) is 9.95. The van der Waals surface area contributed by atoms with Crippen molar-refractivity contribution < 1.29 is 27.5 Å². The van der Waals surface area contributed by atoms with Crippen molar-refractivity contribution in [3.63, 3.8) is 0 Å². The lowest BCUT2D eigenvalue weighted by Crippen LogP contribution is -2.43. The van der Waals surface area contributed by atoms with Crippen LogP contribution in [0.4, 0.5) is 24.7 Å². The second-order valence-electron chi connectivity index (χ2n) is 9.95. The van der Waals surface area contributed by atoms with Gasteiger partial charge in [-0.2, -0.15) is 13.2 Å². The summed E-state index contributed by atoms with van der Waals surface area (Å²) in [7, 11) is 0. The van der Waals surface area contributed by atoms with E-state index in [0.717, 1.165) is 43.1 Å².